The Morgan fingerprint density at radius 3 is 2.88 bits per heavy atom. The standard InChI is InChI=1S/C13H14N2O/c1-10-4-5-12(7-13(10)14)16-9-11-3-2-6-15-8-11/h2-8H,9,14H2,1H3. The van der Waals surface area contributed by atoms with Crippen LogP contribution in [0.2, 0.25) is 0 Å². The second-order valence-corrected chi connectivity index (χ2v) is 3.67. The van der Waals surface area contributed by atoms with Gasteiger partial charge in [0.05, 0.1) is 0 Å². The molecule has 0 saturated heterocycles. The summed E-state index contributed by atoms with van der Waals surface area (Å²) in [5.41, 5.74) is 8.66. The Labute approximate surface area is 94.9 Å². The molecule has 0 saturated carbocycles. The molecule has 3 nitrogen and oxygen atoms in total. The first-order valence-electron chi connectivity index (χ1n) is 5.13. The number of hydrogen-bond donors (Lipinski definition) is 1. The SMILES string of the molecule is Cc1ccc(OCc2cccnc2)cc1N. The highest BCUT2D eigenvalue weighted by Gasteiger charge is 1.98. The molecular weight excluding hydrogens is 200 g/mol. The van der Waals surface area contributed by atoms with Crippen molar-refractivity contribution in [3.63, 3.8) is 0 Å². The minimum absolute atomic E-state index is 0.510. The van der Waals surface area contributed by atoms with Gasteiger partial charge in [-0.3, -0.25) is 4.98 Å². The van der Waals surface area contributed by atoms with Crippen LogP contribution in [0.3, 0.4) is 0 Å². The Balaban J connectivity index is 2.03. The van der Waals surface area contributed by atoms with Crippen LogP contribution in [0.4, 0.5) is 5.69 Å². The van der Waals surface area contributed by atoms with Gasteiger partial charge in [-0.2, -0.15) is 0 Å². The normalized spacial score (nSPS) is 10.1. The van der Waals surface area contributed by atoms with Gasteiger partial charge in [0.25, 0.3) is 0 Å². The van der Waals surface area contributed by atoms with Crippen LogP contribution >= 0.6 is 0 Å². The summed E-state index contributed by atoms with van der Waals surface area (Å²) in [6, 6.07) is 9.58. The first-order chi connectivity index (χ1) is 7.75. The average molecular weight is 214 g/mol. The molecule has 0 radical (unpaired) electrons. The maximum absolute atomic E-state index is 5.80. The largest absolute Gasteiger partial charge is 0.489 e. The summed E-state index contributed by atoms with van der Waals surface area (Å²) >= 11 is 0. The van der Waals surface area contributed by atoms with Crippen molar-refractivity contribution in [1.82, 2.24) is 4.98 Å². The van der Waals surface area contributed by atoms with Gasteiger partial charge in [-0.1, -0.05) is 12.1 Å². The number of aromatic nitrogens is 1. The molecule has 2 N–H and O–H groups in total. The number of hydrogen-bond acceptors (Lipinski definition) is 3. The molecular formula is C13H14N2O. The summed E-state index contributed by atoms with van der Waals surface area (Å²) in [6.07, 6.45) is 3.53. The van der Waals surface area contributed by atoms with Gasteiger partial charge in [-0.25, -0.2) is 0 Å². The second kappa shape index (κ2) is 4.66. The van der Waals surface area contributed by atoms with Crippen LogP contribution in [0.5, 0.6) is 5.75 Å². The highest BCUT2D eigenvalue weighted by molar-refractivity contribution is 5.50. The maximum atomic E-state index is 5.80. The minimum Gasteiger partial charge on any atom is -0.489 e. The van der Waals surface area contributed by atoms with Crippen molar-refractivity contribution >= 4 is 5.69 Å². The number of pyridine rings is 1. The molecule has 0 spiro atoms. The molecule has 0 unspecified atom stereocenters. The predicted octanol–water partition coefficient (Wildman–Crippen LogP) is 2.55. The summed E-state index contributed by atoms with van der Waals surface area (Å²) < 4.78 is 5.61. The Kier molecular flexibility index (Phi) is 3.05. The predicted molar refractivity (Wildman–Crippen MR) is 64.2 cm³/mol. The number of benzene rings is 1. The van der Waals surface area contributed by atoms with Gasteiger partial charge < -0.3 is 10.5 Å². The van der Waals surface area contributed by atoms with Crippen molar-refractivity contribution in [1.29, 1.82) is 0 Å². The summed E-state index contributed by atoms with van der Waals surface area (Å²) in [5.74, 6) is 0.784. The molecule has 1 heterocycles. The molecule has 0 atom stereocenters. The van der Waals surface area contributed by atoms with Crippen LogP contribution in [0.15, 0.2) is 42.7 Å². The number of nitrogen functional groups attached to an aromatic ring is 1. The summed E-state index contributed by atoms with van der Waals surface area (Å²) in [4.78, 5) is 4.02. The van der Waals surface area contributed by atoms with Crippen LogP contribution in [-0.2, 0) is 6.61 Å². The average Bonchev–Trinajstić information content (AvgIpc) is 2.32. The van der Waals surface area contributed by atoms with E-state index in [0.29, 0.717) is 6.61 Å². The number of anilines is 1. The molecule has 0 amide bonds. The van der Waals surface area contributed by atoms with Gasteiger partial charge in [0, 0.05) is 29.7 Å². The molecule has 3 heteroatoms. The molecule has 82 valence electrons. The van der Waals surface area contributed by atoms with Crippen molar-refractivity contribution in [3.8, 4) is 5.75 Å². The number of nitrogens with zero attached hydrogens (tertiary/aromatic N) is 1. The topological polar surface area (TPSA) is 48.1 Å². The molecule has 2 aromatic rings. The third-order valence-corrected chi connectivity index (χ3v) is 2.38. The van der Waals surface area contributed by atoms with Gasteiger partial charge in [0.1, 0.15) is 12.4 Å². The number of aryl methyl sites for hydroxylation is 1. The smallest absolute Gasteiger partial charge is 0.121 e. The van der Waals surface area contributed by atoms with E-state index in [-0.39, 0.29) is 0 Å². The molecule has 1 aromatic heterocycles. The van der Waals surface area contributed by atoms with E-state index in [0.717, 1.165) is 22.6 Å². The summed E-state index contributed by atoms with van der Waals surface area (Å²) in [6.45, 7) is 2.48. The highest BCUT2D eigenvalue weighted by atomic mass is 16.5. The lowest BCUT2D eigenvalue weighted by molar-refractivity contribution is 0.306. The van der Waals surface area contributed by atoms with E-state index in [9.17, 15) is 0 Å². The van der Waals surface area contributed by atoms with Crippen molar-refractivity contribution in [2.45, 2.75) is 13.5 Å². The van der Waals surface area contributed by atoms with Crippen molar-refractivity contribution in [2.24, 2.45) is 0 Å². The third-order valence-electron chi connectivity index (χ3n) is 2.38. The Morgan fingerprint density at radius 1 is 1.31 bits per heavy atom. The zero-order valence-corrected chi connectivity index (χ0v) is 9.18. The zero-order chi connectivity index (χ0) is 11.4. The third kappa shape index (κ3) is 2.51. The van der Waals surface area contributed by atoms with Gasteiger partial charge in [0.15, 0.2) is 0 Å². The van der Waals surface area contributed by atoms with Gasteiger partial charge >= 0.3 is 0 Å². The first-order valence-corrected chi connectivity index (χ1v) is 5.13. The van der Waals surface area contributed by atoms with E-state index in [4.69, 9.17) is 10.5 Å². The van der Waals surface area contributed by atoms with Crippen LogP contribution in [0, 0.1) is 6.92 Å². The number of rotatable bonds is 3. The van der Waals surface area contributed by atoms with Crippen molar-refractivity contribution in [2.75, 3.05) is 5.73 Å². The van der Waals surface area contributed by atoms with Crippen LogP contribution < -0.4 is 10.5 Å². The number of ether oxygens (including phenoxy) is 1. The van der Waals surface area contributed by atoms with Gasteiger partial charge in [-0.05, 0) is 24.6 Å². The minimum atomic E-state index is 0.510. The van der Waals surface area contributed by atoms with Crippen molar-refractivity contribution in [3.05, 3.63) is 53.9 Å². The quantitative estimate of drug-likeness (QED) is 0.799. The summed E-state index contributed by atoms with van der Waals surface area (Å²) in [5, 5.41) is 0. The second-order valence-electron chi connectivity index (χ2n) is 3.67. The molecule has 0 aliphatic heterocycles. The Morgan fingerprint density at radius 2 is 2.19 bits per heavy atom. The lowest BCUT2D eigenvalue weighted by Gasteiger charge is -2.07. The molecule has 16 heavy (non-hydrogen) atoms. The fourth-order valence-corrected chi connectivity index (χ4v) is 1.36. The van der Waals surface area contributed by atoms with Gasteiger partial charge in [0.2, 0.25) is 0 Å². The monoisotopic (exact) mass is 214 g/mol. The molecule has 0 aliphatic carbocycles. The van der Waals surface area contributed by atoms with E-state index < -0.39 is 0 Å². The maximum Gasteiger partial charge on any atom is 0.121 e. The summed E-state index contributed by atoms with van der Waals surface area (Å²) in [7, 11) is 0. The fourth-order valence-electron chi connectivity index (χ4n) is 1.36. The molecule has 0 bridgehead atoms. The van der Waals surface area contributed by atoms with E-state index in [1.165, 1.54) is 0 Å². The lowest BCUT2D eigenvalue weighted by atomic mass is 10.2. The lowest BCUT2D eigenvalue weighted by Crippen LogP contribution is -1.97. The fraction of sp³-hybridized carbons (Fsp3) is 0.154. The van der Waals surface area contributed by atoms with E-state index >= 15 is 0 Å². The zero-order valence-electron chi connectivity index (χ0n) is 9.18. The van der Waals surface area contributed by atoms with Crippen LogP contribution in [0.1, 0.15) is 11.1 Å². The van der Waals surface area contributed by atoms with E-state index in [1.54, 1.807) is 12.4 Å². The Bertz CT molecular complexity index is 469. The van der Waals surface area contributed by atoms with E-state index in [1.807, 2.05) is 37.3 Å². The molecule has 0 aliphatic rings. The first kappa shape index (κ1) is 10.5. The van der Waals surface area contributed by atoms with Gasteiger partial charge in [-0.15, -0.1) is 0 Å². The number of nitrogens with two attached hydrogens (primary N) is 1. The van der Waals surface area contributed by atoms with Crippen LogP contribution in [-0.4, -0.2) is 4.98 Å². The van der Waals surface area contributed by atoms with E-state index in [2.05, 4.69) is 4.98 Å². The molecule has 1 aromatic carbocycles. The highest BCUT2D eigenvalue weighted by Crippen LogP contribution is 2.19. The van der Waals surface area contributed by atoms with Crippen molar-refractivity contribution < 1.29 is 4.74 Å². The molecule has 2 rings (SSSR count). The van der Waals surface area contributed by atoms with Crippen LogP contribution in [0.25, 0.3) is 0 Å². The Hall–Kier alpha value is -2.03. The molecule has 0 fully saturated rings.